The zero-order chi connectivity index (χ0) is 12.1. The molecular formula is C13H15ClN2O. The number of ether oxygens (including phenoxy) is 1. The summed E-state index contributed by atoms with van der Waals surface area (Å²) in [6.45, 7) is 0.716. The van der Waals surface area contributed by atoms with Crippen LogP contribution >= 0.6 is 11.6 Å². The van der Waals surface area contributed by atoms with Crippen LogP contribution in [0.5, 0.6) is 5.75 Å². The Morgan fingerprint density at radius 2 is 2.18 bits per heavy atom. The Hall–Kier alpha value is -1.27. The molecular weight excluding hydrogens is 236 g/mol. The highest BCUT2D eigenvalue weighted by Gasteiger charge is 2.14. The Morgan fingerprint density at radius 1 is 1.41 bits per heavy atom. The number of pyridine rings is 1. The van der Waals surface area contributed by atoms with Gasteiger partial charge in [0.1, 0.15) is 17.0 Å². The minimum Gasteiger partial charge on any atom is -0.492 e. The first-order valence-corrected chi connectivity index (χ1v) is 6.36. The van der Waals surface area contributed by atoms with E-state index in [9.17, 15) is 0 Å². The monoisotopic (exact) mass is 250 g/mol. The Bertz CT molecular complexity index is 422. The van der Waals surface area contributed by atoms with E-state index in [0.717, 1.165) is 0 Å². The lowest BCUT2D eigenvalue weighted by atomic mass is 9.90. The maximum absolute atomic E-state index is 8.83. The van der Waals surface area contributed by atoms with Crippen LogP contribution in [0.2, 0.25) is 5.15 Å². The number of nitriles is 1. The molecule has 1 aromatic rings. The van der Waals surface area contributed by atoms with Gasteiger partial charge in [0.15, 0.2) is 0 Å². The lowest BCUT2D eigenvalue weighted by Gasteiger charge is -2.21. The normalized spacial score (nSPS) is 16.5. The van der Waals surface area contributed by atoms with Crippen molar-refractivity contribution in [2.45, 2.75) is 32.1 Å². The van der Waals surface area contributed by atoms with Crippen LogP contribution in [0, 0.1) is 17.2 Å². The summed E-state index contributed by atoms with van der Waals surface area (Å²) in [6.07, 6.45) is 8.01. The van der Waals surface area contributed by atoms with Gasteiger partial charge in [-0.3, -0.25) is 0 Å². The van der Waals surface area contributed by atoms with Crippen LogP contribution in [0.4, 0.5) is 0 Å². The molecule has 0 aromatic carbocycles. The standard InChI is InChI=1S/C13H15ClN2O/c14-13-11(7-15)6-12(8-16-13)17-9-10-4-2-1-3-5-10/h6,8,10H,1-5,9H2. The van der Waals surface area contributed by atoms with E-state index in [-0.39, 0.29) is 5.15 Å². The summed E-state index contributed by atoms with van der Waals surface area (Å²) >= 11 is 5.76. The largest absolute Gasteiger partial charge is 0.492 e. The molecule has 17 heavy (non-hydrogen) atoms. The third-order valence-corrected chi connectivity index (χ3v) is 3.45. The van der Waals surface area contributed by atoms with Gasteiger partial charge in [0.2, 0.25) is 0 Å². The molecule has 0 amide bonds. The smallest absolute Gasteiger partial charge is 0.147 e. The molecule has 0 atom stereocenters. The predicted octanol–water partition coefficient (Wildman–Crippen LogP) is 3.57. The van der Waals surface area contributed by atoms with E-state index >= 15 is 0 Å². The van der Waals surface area contributed by atoms with Crippen LogP contribution in [-0.2, 0) is 0 Å². The molecule has 0 spiro atoms. The molecule has 0 bridgehead atoms. The Kier molecular flexibility index (Phi) is 4.22. The molecule has 3 nitrogen and oxygen atoms in total. The SMILES string of the molecule is N#Cc1cc(OCC2CCCCC2)cnc1Cl. The van der Waals surface area contributed by atoms with Crippen molar-refractivity contribution in [3.63, 3.8) is 0 Å². The highest BCUT2D eigenvalue weighted by molar-refractivity contribution is 6.30. The van der Waals surface area contributed by atoms with Crippen molar-refractivity contribution in [3.05, 3.63) is 23.0 Å². The van der Waals surface area contributed by atoms with E-state index in [4.69, 9.17) is 21.6 Å². The number of halogens is 1. The average molecular weight is 251 g/mol. The summed E-state index contributed by atoms with van der Waals surface area (Å²) in [5, 5.41) is 9.06. The molecule has 1 heterocycles. The fourth-order valence-electron chi connectivity index (χ4n) is 2.15. The molecule has 4 heteroatoms. The molecule has 1 saturated carbocycles. The van der Waals surface area contributed by atoms with E-state index < -0.39 is 0 Å². The van der Waals surface area contributed by atoms with Crippen LogP contribution in [0.25, 0.3) is 0 Å². The van der Waals surface area contributed by atoms with E-state index in [1.54, 1.807) is 12.3 Å². The molecule has 1 fully saturated rings. The maximum Gasteiger partial charge on any atom is 0.147 e. The second-order valence-electron chi connectivity index (χ2n) is 4.44. The number of hydrogen-bond donors (Lipinski definition) is 0. The van der Waals surface area contributed by atoms with Crippen molar-refractivity contribution in [2.75, 3.05) is 6.61 Å². The zero-order valence-electron chi connectivity index (χ0n) is 9.66. The third-order valence-electron chi connectivity index (χ3n) is 3.14. The van der Waals surface area contributed by atoms with E-state index in [0.29, 0.717) is 23.8 Å². The molecule has 0 N–H and O–H groups in total. The van der Waals surface area contributed by atoms with Gasteiger partial charge in [-0.2, -0.15) is 5.26 Å². The molecule has 0 saturated heterocycles. The number of rotatable bonds is 3. The van der Waals surface area contributed by atoms with E-state index in [1.807, 2.05) is 6.07 Å². The summed E-state index contributed by atoms with van der Waals surface area (Å²) in [7, 11) is 0. The molecule has 1 aromatic heterocycles. The highest BCUT2D eigenvalue weighted by atomic mass is 35.5. The molecule has 0 aliphatic heterocycles. The van der Waals surface area contributed by atoms with Crippen molar-refractivity contribution in [3.8, 4) is 11.8 Å². The van der Waals surface area contributed by atoms with Crippen molar-refractivity contribution in [2.24, 2.45) is 5.92 Å². The van der Waals surface area contributed by atoms with Crippen LogP contribution in [0.15, 0.2) is 12.3 Å². The zero-order valence-corrected chi connectivity index (χ0v) is 10.4. The summed E-state index contributed by atoms with van der Waals surface area (Å²) in [4.78, 5) is 3.93. The summed E-state index contributed by atoms with van der Waals surface area (Å²) in [5.41, 5.74) is 0.368. The summed E-state index contributed by atoms with van der Waals surface area (Å²) in [5.74, 6) is 1.28. The van der Waals surface area contributed by atoms with Gasteiger partial charge in [-0.25, -0.2) is 4.98 Å². The van der Waals surface area contributed by atoms with Crippen LogP contribution in [-0.4, -0.2) is 11.6 Å². The van der Waals surface area contributed by atoms with Crippen molar-refractivity contribution in [1.82, 2.24) is 4.98 Å². The van der Waals surface area contributed by atoms with Crippen LogP contribution in [0.3, 0.4) is 0 Å². The van der Waals surface area contributed by atoms with Gasteiger partial charge in [-0.15, -0.1) is 0 Å². The number of nitrogens with zero attached hydrogens (tertiary/aromatic N) is 2. The Balaban J connectivity index is 1.92. The number of aromatic nitrogens is 1. The van der Waals surface area contributed by atoms with Crippen molar-refractivity contribution >= 4 is 11.6 Å². The molecule has 2 rings (SSSR count). The van der Waals surface area contributed by atoms with Crippen LogP contribution in [0.1, 0.15) is 37.7 Å². The highest BCUT2D eigenvalue weighted by Crippen LogP contribution is 2.25. The fraction of sp³-hybridized carbons (Fsp3) is 0.538. The van der Waals surface area contributed by atoms with Crippen LogP contribution < -0.4 is 4.74 Å². The number of hydrogen-bond acceptors (Lipinski definition) is 3. The maximum atomic E-state index is 8.83. The second-order valence-corrected chi connectivity index (χ2v) is 4.79. The average Bonchev–Trinajstić information content (AvgIpc) is 2.39. The predicted molar refractivity (Wildman–Crippen MR) is 66.0 cm³/mol. The minimum atomic E-state index is 0.234. The Labute approximate surface area is 106 Å². The molecule has 1 aliphatic rings. The van der Waals surface area contributed by atoms with Crippen molar-refractivity contribution < 1.29 is 4.74 Å². The first-order chi connectivity index (χ1) is 8.29. The fourth-order valence-corrected chi connectivity index (χ4v) is 2.30. The van der Waals surface area contributed by atoms with E-state index in [2.05, 4.69) is 4.98 Å². The lowest BCUT2D eigenvalue weighted by molar-refractivity contribution is 0.208. The molecule has 90 valence electrons. The summed E-state index contributed by atoms with van der Waals surface area (Å²) in [6, 6.07) is 3.65. The first-order valence-electron chi connectivity index (χ1n) is 5.98. The van der Waals surface area contributed by atoms with Gasteiger partial charge in [-0.05, 0) is 18.8 Å². The van der Waals surface area contributed by atoms with Gasteiger partial charge in [0.05, 0.1) is 18.4 Å². The Morgan fingerprint density at radius 3 is 2.88 bits per heavy atom. The second kappa shape index (κ2) is 5.88. The summed E-state index contributed by atoms with van der Waals surface area (Å²) < 4.78 is 5.67. The van der Waals surface area contributed by atoms with Gasteiger partial charge >= 0.3 is 0 Å². The molecule has 1 aliphatic carbocycles. The van der Waals surface area contributed by atoms with Gasteiger partial charge in [-0.1, -0.05) is 30.9 Å². The topological polar surface area (TPSA) is 45.9 Å². The van der Waals surface area contributed by atoms with Gasteiger partial charge in [0.25, 0.3) is 0 Å². The lowest BCUT2D eigenvalue weighted by Crippen LogP contribution is -2.15. The quantitative estimate of drug-likeness (QED) is 0.771. The van der Waals surface area contributed by atoms with Gasteiger partial charge in [0, 0.05) is 6.07 Å². The molecule has 0 radical (unpaired) electrons. The third kappa shape index (κ3) is 3.34. The minimum absolute atomic E-state index is 0.234. The van der Waals surface area contributed by atoms with E-state index in [1.165, 1.54) is 32.1 Å². The molecule has 0 unspecified atom stereocenters. The van der Waals surface area contributed by atoms with Crippen molar-refractivity contribution in [1.29, 1.82) is 5.26 Å². The first kappa shape index (κ1) is 12.2. The van der Waals surface area contributed by atoms with Gasteiger partial charge < -0.3 is 4.74 Å².